The first kappa shape index (κ1) is 26.7. The van der Waals surface area contributed by atoms with Gasteiger partial charge < -0.3 is 24.7 Å². The zero-order chi connectivity index (χ0) is 24.4. The second kappa shape index (κ2) is 13.3. The summed E-state index contributed by atoms with van der Waals surface area (Å²) in [6, 6.07) is 14.8. The van der Waals surface area contributed by atoms with Crippen LogP contribution in [0.3, 0.4) is 0 Å². The van der Waals surface area contributed by atoms with Gasteiger partial charge in [-0.2, -0.15) is 0 Å². The van der Waals surface area contributed by atoms with Crippen molar-refractivity contribution in [3.8, 4) is 0 Å². The minimum Gasteiger partial charge on any atom is -0.390 e. The molecule has 0 saturated carbocycles. The number of benzene rings is 2. The van der Waals surface area contributed by atoms with Crippen molar-refractivity contribution >= 4 is 38.0 Å². The number of hydrogen-bond acceptors (Lipinski definition) is 6. The minimum absolute atomic E-state index is 0.166. The van der Waals surface area contributed by atoms with Gasteiger partial charge in [0.1, 0.15) is 6.54 Å². The van der Waals surface area contributed by atoms with E-state index in [4.69, 9.17) is 4.43 Å². The van der Waals surface area contributed by atoms with E-state index in [0.717, 1.165) is 18.5 Å². The standard InChI is InChI=1S/C25H37N3O4SSi/c1-3-5-6-9-16-28-21-11-7-8-12-23(21)33-24-18-20(13-14-22(24)28)19-27-25(29)26-15-10-17-34(30,31)32-4-2/h7-8,11-14,18,30-31H,3-6,9-10,15-17,19H2,1-2H3,(H2,26,27,29)/q+1. The molecule has 0 spiro atoms. The van der Waals surface area contributed by atoms with E-state index < -0.39 is 8.80 Å². The number of fused-ring (bicyclic) bond motifs is 2. The number of nitrogens with zero attached hydrogens (tertiary/aromatic N) is 1. The molecule has 2 aromatic rings. The lowest BCUT2D eigenvalue weighted by Crippen LogP contribution is -2.40. The van der Waals surface area contributed by atoms with Crippen molar-refractivity contribution in [1.29, 1.82) is 0 Å². The second-order valence-corrected chi connectivity index (χ2v) is 11.8. The van der Waals surface area contributed by atoms with E-state index in [1.165, 1.54) is 40.4 Å². The van der Waals surface area contributed by atoms with E-state index in [2.05, 4.69) is 64.9 Å². The molecule has 1 aliphatic heterocycles. The molecule has 0 unspecified atom stereocenters. The highest BCUT2D eigenvalue weighted by Gasteiger charge is 2.33. The van der Waals surface area contributed by atoms with E-state index in [1.807, 2.05) is 0 Å². The molecule has 3 rings (SSSR count). The van der Waals surface area contributed by atoms with Crippen LogP contribution in [0.4, 0.5) is 16.2 Å². The number of urea groups is 1. The Morgan fingerprint density at radius 1 is 1.00 bits per heavy atom. The molecule has 0 fully saturated rings. The maximum absolute atomic E-state index is 12.2. The molecular weight excluding hydrogens is 466 g/mol. The van der Waals surface area contributed by atoms with Crippen LogP contribution in [0.25, 0.3) is 0 Å². The van der Waals surface area contributed by atoms with E-state index >= 15 is 0 Å². The molecule has 4 N–H and O–H groups in total. The van der Waals surface area contributed by atoms with Gasteiger partial charge in [0.15, 0.2) is 0 Å². The first-order chi connectivity index (χ1) is 16.4. The molecule has 2 aromatic carbocycles. The van der Waals surface area contributed by atoms with Gasteiger partial charge in [0.2, 0.25) is 11.4 Å². The number of nitrogens with one attached hydrogen (secondary N) is 2. The number of unbranched alkanes of at least 4 members (excludes halogenated alkanes) is 3. The SMILES string of the molecule is CCCCCC[N+]1c2ccccc2Sc2cc(CNC(=O)NCCC[Si](O)(O)OCC)ccc21. The topological polar surface area (TPSA) is 96.7 Å². The summed E-state index contributed by atoms with van der Waals surface area (Å²) in [6.45, 7) is 6.02. The van der Waals surface area contributed by atoms with Gasteiger partial charge in [-0.1, -0.05) is 54.6 Å². The van der Waals surface area contributed by atoms with Crippen LogP contribution >= 0.6 is 11.8 Å². The highest BCUT2D eigenvalue weighted by Crippen LogP contribution is 2.48. The Bertz CT molecular complexity index is 944. The molecule has 1 radical (unpaired) electrons. The third-order valence-corrected chi connectivity index (χ3v) is 8.59. The Balaban J connectivity index is 1.55. The number of hydrogen-bond donors (Lipinski definition) is 4. The summed E-state index contributed by atoms with van der Waals surface area (Å²) < 4.78 is 4.97. The largest absolute Gasteiger partial charge is 0.495 e. The van der Waals surface area contributed by atoms with Crippen LogP contribution in [-0.4, -0.2) is 44.1 Å². The van der Waals surface area contributed by atoms with Crippen LogP contribution in [0.2, 0.25) is 6.04 Å². The van der Waals surface area contributed by atoms with E-state index in [9.17, 15) is 14.4 Å². The molecule has 34 heavy (non-hydrogen) atoms. The summed E-state index contributed by atoms with van der Waals surface area (Å²) in [7, 11) is -3.58. The maximum atomic E-state index is 12.2. The average molecular weight is 504 g/mol. The fourth-order valence-corrected chi connectivity index (χ4v) is 6.40. The van der Waals surface area contributed by atoms with Gasteiger partial charge >= 0.3 is 14.8 Å². The minimum atomic E-state index is -3.58. The highest BCUT2D eigenvalue weighted by molar-refractivity contribution is 7.99. The van der Waals surface area contributed by atoms with Gasteiger partial charge in [0.05, 0.1) is 9.79 Å². The lowest BCUT2D eigenvalue weighted by Gasteiger charge is -2.22. The van der Waals surface area contributed by atoms with Gasteiger partial charge in [-0.3, -0.25) is 0 Å². The van der Waals surface area contributed by atoms with Gasteiger partial charge in [0.25, 0.3) is 0 Å². The van der Waals surface area contributed by atoms with Gasteiger partial charge in [-0.25, -0.2) is 4.79 Å². The molecule has 0 aliphatic carbocycles. The van der Waals surface area contributed by atoms with Crippen LogP contribution in [0.5, 0.6) is 0 Å². The Kier molecular flexibility index (Phi) is 10.4. The summed E-state index contributed by atoms with van der Waals surface area (Å²) in [4.78, 5) is 36.5. The zero-order valence-corrected chi connectivity index (χ0v) is 22.0. The van der Waals surface area contributed by atoms with Crippen molar-refractivity contribution in [2.24, 2.45) is 0 Å². The molecule has 1 heterocycles. The lowest BCUT2D eigenvalue weighted by atomic mass is 10.1. The van der Waals surface area contributed by atoms with Crippen molar-refractivity contribution < 1.29 is 18.8 Å². The predicted molar refractivity (Wildman–Crippen MR) is 139 cm³/mol. The zero-order valence-electron chi connectivity index (χ0n) is 20.2. The molecule has 0 bridgehead atoms. The van der Waals surface area contributed by atoms with Gasteiger partial charge in [-0.05, 0) is 37.5 Å². The van der Waals surface area contributed by atoms with Crippen molar-refractivity contribution in [3.05, 3.63) is 48.0 Å². The summed E-state index contributed by atoms with van der Waals surface area (Å²) in [5, 5.41) is 5.65. The smallest absolute Gasteiger partial charge is 0.390 e. The molecule has 7 nitrogen and oxygen atoms in total. The monoisotopic (exact) mass is 503 g/mol. The molecule has 0 atom stereocenters. The molecular formula is C25H37N3O4SSi+. The Morgan fingerprint density at radius 2 is 1.79 bits per heavy atom. The summed E-state index contributed by atoms with van der Waals surface area (Å²) in [5.74, 6) is 0. The molecule has 185 valence electrons. The third kappa shape index (κ3) is 7.83. The number of para-hydroxylation sites is 1. The number of amides is 2. The van der Waals surface area contributed by atoms with Crippen molar-refractivity contribution in [3.63, 3.8) is 0 Å². The van der Waals surface area contributed by atoms with Gasteiger partial charge in [0, 0.05) is 44.3 Å². The van der Waals surface area contributed by atoms with Crippen LogP contribution in [-0.2, 0) is 11.0 Å². The first-order valence-corrected chi connectivity index (χ1v) is 15.0. The Labute approximate surface area is 208 Å². The quantitative estimate of drug-likeness (QED) is 0.176. The van der Waals surface area contributed by atoms with Crippen molar-refractivity contribution in [1.82, 2.24) is 15.5 Å². The van der Waals surface area contributed by atoms with Crippen molar-refractivity contribution in [2.75, 3.05) is 19.7 Å². The molecule has 9 heteroatoms. The lowest BCUT2D eigenvalue weighted by molar-refractivity contribution is 0.155. The normalized spacial score (nSPS) is 13.3. The summed E-state index contributed by atoms with van der Waals surface area (Å²) in [5.41, 5.74) is 3.53. The number of carbonyl (C=O) groups is 1. The summed E-state index contributed by atoms with van der Waals surface area (Å²) in [6.07, 6.45) is 5.34. The average Bonchev–Trinajstić information content (AvgIpc) is 2.82. The van der Waals surface area contributed by atoms with Crippen molar-refractivity contribution in [2.45, 2.75) is 68.3 Å². The fraction of sp³-hybridized carbons (Fsp3) is 0.480. The number of carbonyl (C=O) groups excluding carboxylic acids is 1. The third-order valence-electron chi connectivity index (χ3n) is 5.72. The summed E-state index contributed by atoms with van der Waals surface area (Å²) >= 11 is 1.78. The molecule has 0 saturated heterocycles. The maximum Gasteiger partial charge on any atom is 0.495 e. The van der Waals surface area contributed by atoms with Crippen LogP contribution in [0.15, 0.2) is 52.3 Å². The number of anilines is 2. The van der Waals surface area contributed by atoms with E-state index in [1.54, 1.807) is 18.7 Å². The highest BCUT2D eigenvalue weighted by atomic mass is 32.2. The fourth-order valence-electron chi connectivity index (χ4n) is 3.99. The van der Waals surface area contributed by atoms with Crippen LogP contribution in [0, 0.1) is 0 Å². The molecule has 0 aromatic heterocycles. The van der Waals surface area contributed by atoms with Crippen LogP contribution in [0.1, 0.15) is 51.5 Å². The first-order valence-electron chi connectivity index (χ1n) is 12.2. The van der Waals surface area contributed by atoms with E-state index in [-0.39, 0.29) is 18.7 Å². The van der Waals surface area contributed by atoms with E-state index in [0.29, 0.717) is 19.5 Å². The predicted octanol–water partition coefficient (Wildman–Crippen LogP) is 4.98. The van der Waals surface area contributed by atoms with Gasteiger partial charge in [-0.15, -0.1) is 0 Å². The van der Waals surface area contributed by atoms with Crippen LogP contribution < -0.4 is 15.5 Å². The Hall–Kier alpha value is -1.88. The Morgan fingerprint density at radius 3 is 2.59 bits per heavy atom. The molecule has 1 aliphatic rings. The number of rotatable bonds is 13. The second-order valence-electron chi connectivity index (χ2n) is 8.47. The molecule has 2 amide bonds.